The van der Waals surface area contributed by atoms with Crippen LogP contribution in [0.25, 0.3) is 0 Å². The molecule has 2 aromatic carbocycles. The van der Waals surface area contributed by atoms with Crippen LogP contribution in [0.1, 0.15) is 16.7 Å². The van der Waals surface area contributed by atoms with Crippen molar-refractivity contribution in [1.82, 2.24) is 4.90 Å². The summed E-state index contributed by atoms with van der Waals surface area (Å²) in [6.45, 7) is 1.75. The smallest absolute Gasteiger partial charge is 0.132 e. The summed E-state index contributed by atoms with van der Waals surface area (Å²) in [6, 6.07) is 15.8. The number of nitrogens with two attached hydrogens (primary N) is 1. The summed E-state index contributed by atoms with van der Waals surface area (Å²) in [5, 5.41) is 0. The monoisotopic (exact) mass is 272 g/mol. The third kappa shape index (κ3) is 3.89. The highest BCUT2D eigenvalue weighted by Crippen LogP contribution is 2.14. The van der Waals surface area contributed by atoms with Crippen LogP contribution in [0.15, 0.2) is 48.5 Å². The summed E-state index contributed by atoms with van der Waals surface area (Å²) >= 11 is 0. The normalized spacial score (nSPS) is 11.0. The predicted molar refractivity (Wildman–Crippen MR) is 80.8 cm³/mol. The number of benzene rings is 2. The fraction of sp³-hybridized carbons (Fsp3) is 0.294. The molecule has 0 bridgehead atoms. The van der Waals surface area contributed by atoms with Crippen LogP contribution < -0.4 is 5.73 Å². The van der Waals surface area contributed by atoms with Crippen molar-refractivity contribution < 1.29 is 4.39 Å². The number of nitrogens with zero attached hydrogens (tertiary/aromatic N) is 1. The van der Waals surface area contributed by atoms with Crippen LogP contribution >= 0.6 is 0 Å². The summed E-state index contributed by atoms with van der Waals surface area (Å²) < 4.78 is 14.1. The van der Waals surface area contributed by atoms with Gasteiger partial charge in [0.05, 0.1) is 0 Å². The van der Waals surface area contributed by atoms with Gasteiger partial charge in [0.25, 0.3) is 0 Å². The number of halogens is 1. The molecule has 20 heavy (non-hydrogen) atoms. The highest BCUT2D eigenvalue weighted by molar-refractivity contribution is 5.26. The van der Waals surface area contributed by atoms with Gasteiger partial charge in [-0.25, -0.2) is 4.39 Å². The summed E-state index contributed by atoms with van der Waals surface area (Å²) in [5.74, 6) is -0.165. The molecule has 0 aliphatic heterocycles. The Labute approximate surface area is 120 Å². The van der Waals surface area contributed by atoms with Crippen molar-refractivity contribution in [2.75, 3.05) is 13.6 Å². The Kier molecular flexibility index (Phi) is 5.27. The zero-order chi connectivity index (χ0) is 14.4. The molecule has 2 nitrogen and oxygen atoms in total. The van der Waals surface area contributed by atoms with Crippen LogP contribution in [0, 0.1) is 5.82 Å². The molecular formula is C17H21FN2. The number of hydrogen-bond acceptors (Lipinski definition) is 2. The number of likely N-dealkylation sites (N-methyl/N-ethyl adjacent to an activating group) is 1. The van der Waals surface area contributed by atoms with Crippen molar-refractivity contribution in [2.24, 2.45) is 5.73 Å². The van der Waals surface area contributed by atoms with Gasteiger partial charge in [0, 0.05) is 30.8 Å². The van der Waals surface area contributed by atoms with Gasteiger partial charge >= 0.3 is 0 Å². The Hall–Kier alpha value is -1.71. The SMILES string of the molecule is CN(CCc1ccccc1)Cc1cccc(CN)c1F. The van der Waals surface area contributed by atoms with E-state index < -0.39 is 0 Å². The fourth-order valence-corrected chi connectivity index (χ4v) is 2.25. The van der Waals surface area contributed by atoms with Crippen molar-refractivity contribution >= 4 is 0 Å². The molecule has 0 amide bonds. The van der Waals surface area contributed by atoms with Gasteiger partial charge in [0.1, 0.15) is 5.82 Å². The molecule has 0 aliphatic rings. The van der Waals surface area contributed by atoms with E-state index in [0.29, 0.717) is 17.7 Å². The molecule has 0 saturated carbocycles. The molecule has 2 rings (SSSR count). The highest BCUT2D eigenvalue weighted by atomic mass is 19.1. The quantitative estimate of drug-likeness (QED) is 0.876. The fourth-order valence-electron chi connectivity index (χ4n) is 2.25. The first-order chi connectivity index (χ1) is 9.70. The van der Waals surface area contributed by atoms with E-state index in [1.165, 1.54) is 5.56 Å². The molecule has 0 radical (unpaired) electrons. The molecule has 2 aromatic rings. The van der Waals surface area contributed by atoms with Crippen LogP contribution in [0.5, 0.6) is 0 Å². The Morgan fingerprint density at radius 1 is 1.00 bits per heavy atom. The van der Waals surface area contributed by atoms with Gasteiger partial charge in [0.15, 0.2) is 0 Å². The topological polar surface area (TPSA) is 29.3 Å². The Morgan fingerprint density at radius 3 is 2.40 bits per heavy atom. The van der Waals surface area contributed by atoms with Gasteiger partial charge in [-0.15, -0.1) is 0 Å². The molecule has 0 spiro atoms. The van der Waals surface area contributed by atoms with Gasteiger partial charge in [0.2, 0.25) is 0 Å². The second-order valence-electron chi connectivity index (χ2n) is 5.07. The van der Waals surface area contributed by atoms with E-state index in [-0.39, 0.29) is 12.4 Å². The molecule has 2 N–H and O–H groups in total. The second-order valence-corrected chi connectivity index (χ2v) is 5.07. The van der Waals surface area contributed by atoms with Gasteiger partial charge in [-0.1, -0.05) is 48.5 Å². The molecule has 0 aromatic heterocycles. The largest absolute Gasteiger partial charge is 0.326 e. The molecular weight excluding hydrogens is 251 g/mol. The van der Waals surface area contributed by atoms with Crippen LogP contribution in [0.2, 0.25) is 0 Å². The molecule has 0 unspecified atom stereocenters. The second kappa shape index (κ2) is 7.17. The third-order valence-electron chi connectivity index (χ3n) is 3.44. The Balaban J connectivity index is 1.93. The van der Waals surface area contributed by atoms with E-state index >= 15 is 0 Å². The maximum Gasteiger partial charge on any atom is 0.132 e. The van der Waals surface area contributed by atoms with E-state index in [1.807, 2.05) is 37.4 Å². The van der Waals surface area contributed by atoms with Gasteiger partial charge < -0.3 is 10.6 Å². The third-order valence-corrected chi connectivity index (χ3v) is 3.44. The lowest BCUT2D eigenvalue weighted by Gasteiger charge is -2.18. The minimum Gasteiger partial charge on any atom is -0.326 e. The highest BCUT2D eigenvalue weighted by Gasteiger charge is 2.09. The van der Waals surface area contributed by atoms with Crippen LogP contribution in [0.3, 0.4) is 0 Å². The maximum absolute atomic E-state index is 14.1. The van der Waals surface area contributed by atoms with Crippen molar-refractivity contribution in [3.05, 3.63) is 71.0 Å². The van der Waals surface area contributed by atoms with Gasteiger partial charge in [-0.05, 0) is 19.0 Å². The molecule has 0 heterocycles. The van der Waals surface area contributed by atoms with Crippen LogP contribution in [-0.2, 0) is 19.5 Å². The molecule has 0 aliphatic carbocycles. The zero-order valence-electron chi connectivity index (χ0n) is 11.8. The minimum atomic E-state index is -0.165. The van der Waals surface area contributed by atoms with Gasteiger partial charge in [-0.2, -0.15) is 0 Å². The van der Waals surface area contributed by atoms with E-state index in [0.717, 1.165) is 13.0 Å². The van der Waals surface area contributed by atoms with E-state index in [1.54, 1.807) is 6.07 Å². The standard InChI is InChI=1S/C17H21FN2/c1-20(11-10-14-6-3-2-4-7-14)13-16-9-5-8-15(12-19)17(16)18/h2-9H,10-13,19H2,1H3. The lowest BCUT2D eigenvalue weighted by atomic mass is 10.1. The minimum absolute atomic E-state index is 0.165. The van der Waals surface area contributed by atoms with Crippen molar-refractivity contribution in [1.29, 1.82) is 0 Å². The summed E-state index contributed by atoms with van der Waals surface area (Å²) in [5.41, 5.74) is 8.13. The average Bonchev–Trinajstić information content (AvgIpc) is 2.48. The van der Waals surface area contributed by atoms with Crippen molar-refractivity contribution in [3.8, 4) is 0 Å². The zero-order valence-corrected chi connectivity index (χ0v) is 11.8. The summed E-state index contributed by atoms with van der Waals surface area (Å²) in [7, 11) is 2.01. The van der Waals surface area contributed by atoms with E-state index in [2.05, 4.69) is 17.0 Å². The molecule has 0 atom stereocenters. The Bertz CT molecular complexity index is 540. The molecule has 0 saturated heterocycles. The lowest BCUT2D eigenvalue weighted by molar-refractivity contribution is 0.325. The van der Waals surface area contributed by atoms with E-state index in [9.17, 15) is 4.39 Å². The first-order valence-corrected chi connectivity index (χ1v) is 6.89. The Morgan fingerprint density at radius 2 is 1.70 bits per heavy atom. The maximum atomic E-state index is 14.1. The van der Waals surface area contributed by atoms with Crippen molar-refractivity contribution in [3.63, 3.8) is 0 Å². The molecule has 0 fully saturated rings. The number of hydrogen-bond donors (Lipinski definition) is 1. The van der Waals surface area contributed by atoms with Crippen LogP contribution in [0.4, 0.5) is 4.39 Å². The van der Waals surface area contributed by atoms with Gasteiger partial charge in [-0.3, -0.25) is 0 Å². The number of rotatable bonds is 6. The first kappa shape index (κ1) is 14.7. The average molecular weight is 272 g/mol. The predicted octanol–water partition coefficient (Wildman–Crippen LogP) is 2.96. The van der Waals surface area contributed by atoms with Crippen molar-refractivity contribution in [2.45, 2.75) is 19.5 Å². The van der Waals surface area contributed by atoms with E-state index in [4.69, 9.17) is 5.73 Å². The summed E-state index contributed by atoms with van der Waals surface area (Å²) in [4.78, 5) is 2.13. The van der Waals surface area contributed by atoms with Crippen LogP contribution in [-0.4, -0.2) is 18.5 Å². The molecule has 106 valence electrons. The first-order valence-electron chi connectivity index (χ1n) is 6.89. The molecule has 3 heteroatoms. The summed E-state index contributed by atoms with van der Waals surface area (Å²) in [6.07, 6.45) is 0.968. The lowest BCUT2D eigenvalue weighted by Crippen LogP contribution is -2.21.